The Morgan fingerprint density at radius 1 is 1.14 bits per heavy atom. The molecule has 0 bridgehead atoms. The minimum Gasteiger partial charge on any atom is -0.550 e. The smallest absolute Gasteiger partial charge is 0.299 e. The van der Waals surface area contributed by atoms with Gasteiger partial charge in [-0.2, -0.15) is 13.1 Å². The number of hydrogen-bond donors (Lipinski definition) is 2. The summed E-state index contributed by atoms with van der Waals surface area (Å²) in [4.78, 5) is 11.0. The van der Waals surface area contributed by atoms with Gasteiger partial charge in [-0.1, -0.05) is 38.0 Å². The number of benzene rings is 1. The van der Waals surface area contributed by atoms with Gasteiger partial charge in [-0.3, -0.25) is 4.72 Å². The van der Waals surface area contributed by atoms with Crippen LogP contribution in [0.3, 0.4) is 0 Å². The third-order valence-electron chi connectivity index (χ3n) is 4.03. The van der Waals surface area contributed by atoms with Gasteiger partial charge < -0.3 is 14.4 Å². The standard InChI is InChI=1S/C21H33N3O4S/c1-5-6-7-8-9-10-11-18-12-14-19(15-13-18)22-29(27,28)23-20(16-21(25)26)17-24(2,3)4/h12-15,20,22-23H,5-9,16-17H2,1-4H3. The molecule has 7 nitrogen and oxygen atoms in total. The van der Waals surface area contributed by atoms with Crippen LogP contribution in [0, 0.1) is 11.8 Å². The summed E-state index contributed by atoms with van der Waals surface area (Å²) in [7, 11) is 1.63. The lowest BCUT2D eigenvalue weighted by atomic mass is 10.1. The van der Waals surface area contributed by atoms with Crippen LogP contribution >= 0.6 is 0 Å². The third kappa shape index (κ3) is 12.2. The number of quaternary nitrogens is 1. The van der Waals surface area contributed by atoms with Crippen molar-refractivity contribution in [2.24, 2.45) is 0 Å². The molecule has 0 saturated heterocycles. The molecule has 0 heterocycles. The molecule has 162 valence electrons. The quantitative estimate of drug-likeness (QED) is 0.302. The molecule has 0 aromatic heterocycles. The van der Waals surface area contributed by atoms with Crippen LogP contribution in [0.2, 0.25) is 0 Å². The van der Waals surface area contributed by atoms with Gasteiger partial charge in [0.1, 0.15) is 0 Å². The molecule has 29 heavy (non-hydrogen) atoms. The van der Waals surface area contributed by atoms with Crippen molar-refractivity contribution >= 4 is 21.9 Å². The Balaban J connectivity index is 2.68. The fourth-order valence-electron chi connectivity index (χ4n) is 2.84. The molecule has 1 atom stereocenters. The highest BCUT2D eigenvalue weighted by atomic mass is 32.2. The predicted molar refractivity (Wildman–Crippen MR) is 114 cm³/mol. The lowest BCUT2D eigenvalue weighted by Gasteiger charge is -2.29. The van der Waals surface area contributed by atoms with E-state index in [0.29, 0.717) is 16.7 Å². The summed E-state index contributed by atoms with van der Waals surface area (Å²) in [6.45, 7) is 2.48. The molecule has 2 N–H and O–H groups in total. The zero-order valence-electron chi connectivity index (χ0n) is 17.8. The van der Waals surface area contributed by atoms with Crippen LogP contribution < -0.4 is 14.6 Å². The lowest BCUT2D eigenvalue weighted by molar-refractivity contribution is -0.871. The van der Waals surface area contributed by atoms with E-state index in [9.17, 15) is 18.3 Å². The first-order chi connectivity index (χ1) is 13.5. The van der Waals surface area contributed by atoms with Crippen molar-refractivity contribution in [3.63, 3.8) is 0 Å². The molecule has 0 spiro atoms. The number of anilines is 1. The highest BCUT2D eigenvalue weighted by molar-refractivity contribution is 7.90. The number of carboxylic acids is 1. The third-order valence-corrected chi connectivity index (χ3v) is 5.18. The van der Waals surface area contributed by atoms with Crippen LogP contribution in [0.1, 0.15) is 51.0 Å². The predicted octanol–water partition coefficient (Wildman–Crippen LogP) is 1.47. The van der Waals surface area contributed by atoms with E-state index in [-0.39, 0.29) is 0 Å². The summed E-state index contributed by atoms with van der Waals surface area (Å²) in [5.74, 6) is 4.90. The molecule has 0 aliphatic heterocycles. The van der Waals surface area contributed by atoms with Gasteiger partial charge in [-0.15, -0.1) is 0 Å². The Morgan fingerprint density at radius 2 is 1.79 bits per heavy atom. The van der Waals surface area contributed by atoms with E-state index in [2.05, 4.69) is 28.2 Å². The average molecular weight is 424 g/mol. The Morgan fingerprint density at radius 3 is 2.34 bits per heavy atom. The molecule has 0 saturated carbocycles. The van der Waals surface area contributed by atoms with Gasteiger partial charge in [0.15, 0.2) is 0 Å². The van der Waals surface area contributed by atoms with Gasteiger partial charge in [0.2, 0.25) is 0 Å². The molecule has 0 radical (unpaired) electrons. The number of carboxylic acid groups (broad SMARTS) is 1. The normalized spacial score (nSPS) is 12.7. The molecule has 0 aliphatic carbocycles. The number of nitrogens with zero attached hydrogens (tertiary/aromatic N) is 1. The minimum atomic E-state index is -3.93. The van der Waals surface area contributed by atoms with Crippen LogP contribution in [-0.4, -0.2) is 52.6 Å². The number of likely N-dealkylation sites (N-methyl/N-ethyl adjacent to an activating group) is 1. The number of unbranched alkanes of at least 4 members (excludes halogenated alkanes) is 4. The maximum absolute atomic E-state index is 12.4. The van der Waals surface area contributed by atoms with Gasteiger partial charge in [0.25, 0.3) is 10.2 Å². The maximum Gasteiger partial charge on any atom is 0.299 e. The number of carbonyl (C=O) groups is 1. The van der Waals surface area contributed by atoms with Crippen LogP contribution in [0.15, 0.2) is 24.3 Å². The second-order valence-corrected chi connectivity index (χ2v) is 9.61. The zero-order valence-corrected chi connectivity index (χ0v) is 18.6. The van der Waals surface area contributed by atoms with Gasteiger partial charge in [-0.05, 0) is 30.7 Å². The van der Waals surface area contributed by atoms with E-state index in [1.54, 1.807) is 24.3 Å². The van der Waals surface area contributed by atoms with Crippen molar-refractivity contribution in [2.45, 2.75) is 51.5 Å². The Labute approximate surface area is 175 Å². The summed E-state index contributed by atoms with van der Waals surface area (Å²) in [5.41, 5.74) is 1.19. The maximum atomic E-state index is 12.4. The lowest BCUT2D eigenvalue weighted by Crippen LogP contribution is -2.51. The van der Waals surface area contributed by atoms with Crippen molar-refractivity contribution in [2.75, 3.05) is 32.4 Å². The van der Waals surface area contributed by atoms with E-state index < -0.39 is 28.6 Å². The van der Waals surface area contributed by atoms with Crippen molar-refractivity contribution < 1.29 is 22.8 Å². The van der Waals surface area contributed by atoms with Crippen molar-refractivity contribution in [1.82, 2.24) is 4.72 Å². The molecule has 1 unspecified atom stereocenters. The summed E-state index contributed by atoms with van der Waals surface area (Å²) in [5, 5.41) is 11.0. The highest BCUT2D eigenvalue weighted by Crippen LogP contribution is 2.11. The fourth-order valence-corrected chi connectivity index (χ4v) is 3.94. The Hall–Kier alpha value is -2.08. The molecule has 0 amide bonds. The Kier molecular flexibility index (Phi) is 10.2. The van der Waals surface area contributed by atoms with E-state index in [1.165, 1.54) is 19.3 Å². The largest absolute Gasteiger partial charge is 0.550 e. The van der Waals surface area contributed by atoms with Gasteiger partial charge in [-0.25, -0.2) is 0 Å². The molecule has 1 aromatic rings. The fraction of sp³-hybridized carbons (Fsp3) is 0.571. The molecule has 8 heteroatoms. The molecule has 1 aromatic carbocycles. The van der Waals surface area contributed by atoms with Crippen molar-refractivity contribution in [3.8, 4) is 11.8 Å². The molecular formula is C21H33N3O4S. The molecule has 0 aliphatic rings. The number of rotatable bonds is 12. The van der Waals surface area contributed by atoms with Crippen molar-refractivity contribution in [3.05, 3.63) is 29.8 Å². The summed E-state index contributed by atoms with van der Waals surface area (Å²) < 4.78 is 30.0. The van der Waals surface area contributed by atoms with E-state index in [1.807, 2.05) is 21.1 Å². The van der Waals surface area contributed by atoms with Crippen LogP contribution in [0.5, 0.6) is 0 Å². The van der Waals surface area contributed by atoms with Crippen LogP contribution in [-0.2, 0) is 15.0 Å². The first-order valence-corrected chi connectivity index (χ1v) is 11.4. The number of nitrogens with one attached hydrogen (secondary N) is 2. The van der Waals surface area contributed by atoms with E-state index in [4.69, 9.17) is 0 Å². The minimum absolute atomic E-state index is 0.307. The highest BCUT2D eigenvalue weighted by Gasteiger charge is 2.23. The summed E-state index contributed by atoms with van der Waals surface area (Å²) >= 11 is 0. The summed E-state index contributed by atoms with van der Waals surface area (Å²) in [6, 6.07) is 5.99. The number of hydrogen-bond acceptors (Lipinski definition) is 4. The summed E-state index contributed by atoms with van der Waals surface area (Å²) in [6.07, 6.45) is 5.15. The Bertz CT molecular complexity index is 803. The van der Waals surface area contributed by atoms with E-state index >= 15 is 0 Å². The van der Waals surface area contributed by atoms with Gasteiger partial charge in [0.05, 0.1) is 33.7 Å². The molecular weight excluding hydrogens is 390 g/mol. The second kappa shape index (κ2) is 11.8. The van der Waals surface area contributed by atoms with Crippen LogP contribution in [0.4, 0.5) is 5.69 Å². The van der Waals surface area contributed by atoms with Crippen molar-refractivity contribution in [1.29, 1.82) is 0 Å². The SMILES string of the molecule is CCCCCCC#Cc1ccc(NS(=O)(=O)NC(CC(=O)[O-])C[N+](C)(C)C)cc1. The first kappa shape index (κ1) is 25.0. The number of aliphatic carboxylic acids is 1. The molecule has 1 rings (SSSR count). The number of carbonyl (C=O) groups excluding carboxylic acids is 1. The second-order valence-electron chi connectivity index (χ2n) is 8.16. The zero-order chi connectivity index (χ0) is 21.9. The average Bonchev–Trinajstić information content (AvgIpc) is 2.56. The first-order valence-electron chi connectivity index (χ1n) is 9.90. The monoisotopic (exact) mass is 423 g/mol. The molecule has 0 fully saturated rings. The van der Waals surface area contributed by atoms with Gasteiger partial charge >= 0.3 is 0 Å². The van der Waals surface area contributed by atoms with Gasteiger partial charge in [0, 0.05) is 30.1 Å². The van der Waals surface area contributed by atoms with E-state index in [0.717, 1.165) is 18.4 Å². The van der Waals surface area contributed by atoms with Crippen LogP contribution in [0.25, 0.3) is 0 Å². The topological polar surface area (TPSA) is 98.3 Å².